The number of hydrogen-bond acceptors (Lipinski definition) is 3. The zero-order valence-electron chi connectivity index (χ0n) is 7.63. The Bertz CT molecular complexity index is 202. The van der Waals surface area contributed by atoms with Gasteiger partial charge in [0.2, 0.25) is 5.91 Å². The Kier molecular flexibility index (Phi) is 3.54. The molecule has 0 radical (unpaired) electrons. The maximum Gasteiger partial charge on any atom is 0.406 e. The van der Waals surface area contributed by atoms with Gasteiger partial charge >= 0.3 is 6.09 Å². The topological polar surface area (TPSA) is 67.4 Å². The summed E-state index contributed by atoms with van der Waals surface area (Å²) in [7, 11) is 1.29. The number of ether oxygens (including phenoxy) is 1. The molecule has 0 unspecified atom stereocenters. The van der Waals surface area contributed by atoms with Crippen molar-refractivity contribution in [1.29, 1.82) is 0 Å². The molecule has 1 aliphatic rings. The van der Waals surface area contributed by atoms with E-state index in [1.54, 1.807) is 0 Å². The summed E-state index contributed by atoms with van der Waals surface area (Å²) in [4.78, 5) is 21.6. The Balaban J connectivity index is 1.97. The second kappa shape index (κ2) is 4.69. The minimum absolute atomic E-state index is 0.0149. The van der Waals surface area contributed by atoms with Crippen LogP contribution in [0, 0.1) is 0 Å². The number of carbonyl (C=O) groups is 2. The van der Waals surface area contributed by atoms with Gasteiger partial charge in [-0.3, -0.25) is 4.79 Å². The zero-order valence-corrected chi connectivity index (χ0v) is 7.63. The van der Waals surface area contributed by atoms with Gasteiger partial charge in [-0.05, 0) is 12.8 Å². The van der Waals surface area contributed by atoms with Crippen molar-refractivity contribution in [1.82, 2.24) is 10.6 Å². The van der Waals surface area contributed by atoms with E-state index in [1.807, 2.05) is 0 Å². The Morgan fingerprint density at radius 3 is 2.69 bits per heavy atom. The molecule has 0 aromatic carbocycles. The molecule has 0 aromatic rings. The first-order chi connectivity index (χ1) is 6.22. The van der Waals surface area contributed by atoms with E-state index >= 15 is 0 Å². The summed E-state index contributed by atoms with van der Waals surface area (Å²) < 4.78 is 4.34. The summed E-state index contributed by atoms with van der Waals surface area (Å²) in [5.41, 5.74) is 0. The van der Waals surface area contributed by atoms with Crippen LogP contribution in [-0.2, 0) is 9.53 Å². The fourth-order valence-corrected chi connectivity index (χ4v) is 0.878. The van der Waals surface area contributed by atoms with Crippen molar-refractivity contribution >= 4 is 12.0 Å². The predicted octanol–water partition coefficient (Wildman–Crippen LogP) is 0.0111. The molecule has 74 valence electrons. The van der Waals surface area contributed by atoms with Gasteiger partial charge < -0.3 is 15.4 Å². The van der Waals surface area contributed by atoms with Gasteiger partial charge in [0.15, 0.2) is 0 Å². The van der Waals surface area contributed by atoms with E-state index in [9.17, 15) is 9.59 Å². The van der Waals surface area contributed by atoms with E-state index in [2.05, 4.69) is 15.4 Å². The number of carbonyl (C=O) groups excluding carboxylic acids is 2. The van der Waals surface area contributed by atoms with Crippen LogP contribution in [0.2, 0.25) is 0 Å². The highest BCUT2D eigenvalue weighted by Gasteiger charge is 2.22. The molecule has 13 heavy (non-hydrogen) atoms. The van der Waals surface area contributed by atoms with E-state index in [1.165, 1.54) is 7.11 Å². The predicted molar refractivity (Wildman–Crippen MR) is 46.2 cm³/mol. The largest absolute Gasteiger partial charge is 0.453 e. The van der Waals surface area contributed by atoms with Crippen molar-refractivity contribution in [3.63, 3.8) is 0 Å². The Hall–Kier alpha value is -1.26. The van der Waals surface area contributed by atoms with E-state index in [0.29, 0.717) is 19.0 Å². The van der Waals surface area contributed by atoms with Crippen LogP contribution in [0.4, 0.5) is 4.79 Å². The second-order valence-corrected chi connectivity index (χ2v) is 3.01. The summed E-state index contributed by atoms with van der Waals surface area (Å²) >= 11 is 0. The second-order valence-electron chi connectivity index (χ2n) is 3.01. The molecule has 5 nitrogen and oxygen atoms in total. The van der Waals surface area contributed by atoms with Gasteiger partial charge in [0.05, 0.1) is 7.11 Å². The molecule has 0 saturated heterocycles. The van der Waals surface area contributed by atoms with Crippen LogP contribution in [0.15, 0.2) is 0 Å². The van der Waals surface area contributed by atoms with E-state index in [-0.39, 0.29) is 5.91 Å². The number of alkyl carbamates (subject to hydrolysis) is 1. The van der Waals surface area contributed by atoms with Gasteiger partial charge in [-0.1, -0.05) is 0 Å². The molecule has 2 N–H and O–H groups in total. The molecule has 1 saturated carbocycles. The van der Waals surface area contributed by atoms with Crippen LogP contribution in [-0.4, -0.2) is 31.7 Å². The standard InChI is InChI=1S/C8H14N2O3/c1-13-8(12)9-5-4-7(11)10-6-2-3-6/h6H,2-5H2,1H3,(H,9,12)(H,10,11). The number of methoxy groups -OCH3 is 1. The average molecular weight is 186 g/mol. The first-order valence-electron chi connectivity index (χ1n) is 4.33. The molecular formula is C8H14N2O3. The maximum absolute atomic E-state index is 11.1. The van der Waals surface area contributed by atoms with E-state index in [0.717, 1.165) is 12.8 Å². The molecule has 0 aliphatic heterocycles. The molecule has 1 fully saturated rings. The molecule has 1 rings (SSSR count). The van der Waals surface area contributed by atoms with Gasteiger partial charge in [0.1, 0.15) is 0 Å². The highest BCUT2D eigenvalue weighted by atomic mass is 16.5. The van der Waals surface area contributed by atoms with E-state index in [4.69, 9.17) is 0 Å². The first kappa shape index (κ1) is 9.83. The van der Waals surface area contributed by atoms with Crippen molar-refractivity contribution in [2.75, 3.05) is 13.7 Å². The van der Waals surface area contributed by atoms with Gasteiger partial charge in [0.25, 0.3) is 0 Å². The molecule has 0 atom stereocenters. The third-order valence-corrected chi connectivity index (χ3v) is 1.75. The normalized spacial score (nSPS) is 14.8. The smallest absolute Gasteiger partial charge is 0.406 e. The van der Waals surface area contributed by atoms with Gasteiger partial charge in [-0.15, -0.1) is 0 Å². The highest BCUT2D eigenvalue weighted by Crippen LogP contribution is 2.18. The SMILES string of the molecule is COC(=O)NCCC(=O)NC1CC1. The van der Waals surface area contributed by atoms with Gasteiger partial charge in [0, 0.05) is 19.0 Å². The highest BCUT2D eigenvalue weighted by molar-refractivity contribution is 5.77. The number of nitrogens with one attached hydrogen (secondary N) is 2. The van der Waals surface area contributed by atoms with Gasteiger partial charge in [-0.2, -0.15) is 0 Å². The lowest BCUT2D eigenvalue weighted by molar-refractivity contribution is -0.121. The van der Waals surface area contributed by atoms with Crippen LogP contribution in [0.5, 0.6) is 0 Å². The van der Waals surface area contributed by atoms with Crippen LogP contribution < -0.4 is 10.6 Å². The summed E-state index contributed by atoms with van der Waals surface area (Å²) in [5, 5.41) is 5.25. The van der Waals surface area contributed by atoms with E-state index < -0.39 is 6.09 Å². The Labute approximate surface area is 76.8 Å². The fraction of sp³-hybridized carbons (Fsp3) is 0.750. The van der Waals surface area contributed by atoms with Crippen molar-refractivity contribution in [3.8, 4) is 0 Å². The summed E-state index contributed by atoms with van der Waals surface area (Å²) in [6, 6.07) is 0.380. The molecule has 0 bridgehead atoms. The van der Waals surface area contributed by atoms with Crippen LogP contribution in [0.25, 0.3) is 0 Å². The monoisotopic (exact) mass is 186 g/mol. The van der Waals surface area contributed by atoms with Crippen molar-refractivity contribution in [2.45, 2.75) is 25.3 Å². The summed E-state index contributed by atoms with van der Waals surface area (Å²) in [5.74, 6) is -0.0149. The van der Waals surface area contributed by atoms with Crippen LogP contribution in [0.1, 0.15) is 19.3 Å². The lowest BCUT2D eigenvalue weighted by Crippen LogP contribution is -2.31. The molecule has 0 spiro atoms. The Morgan fingerprint density at radius 2 is 2.15 bits per heavy atom. The summed E-state index contributed by atoms with van der Waals surface area (Å²) in [6.07, 6.45) is 1.97. The van der Waals surface area contributed by atoms with Crippen molar-refractivity contribution in [3.05, 3.63) is 0 Å². The number of rotatable bonds is 4. The first-order valence-corrected chi connectivity index (χ1v) is 4.33. The minimum Gasteiger partial charge on any atom is -0.453 e. The lowest BCUT2D eigenvalue weighted by atomic mass is 10.4. The molecule has 1 aliphatic carbocycles. The zero-order chi connectivity index (χ0) is 9.68. The summed E-state index contributed by atoms with van der Waals surface area (Å²) in [6.45, 7) is 0.325. The Morgan fingerprint density at radius 1 is 1.46 bits per heavy atom. The van der Waals surface area contributed by atoms with Crippen LogP contribution in [0.3, 0.4) is 0 Å². The molecule has 2 amide bonds. The van der Waals surface area contributed by atoms with Crippen molar-refractivity contribution < 1.29 is 14.3 Å². The lowest BCUT2D eigenvalue weighted by Gasteiger charge is -2.03. The van der Waals surface area contributed by atoms with Crippen molar-refractivity contribution in [2.24, 2.45) is 0 Å². The molecular weight excluding hydrogens is 172 g/mol. The van der Waals surface area contributed by atoms with Crippen LogP contribution >= 0.6 is 0 Å². The quantitative estimate of drug-likeness (QED) is 0.650. The minimum atomic E-state index is -0.501. The number of amides is 2. The molecule has 5 heteroatoms. The molecule has 0 heterocycles. The molecule has 0 aromatic heterocycles. The number of hydrogen-bond donors (Lipinski definition) is 2. The van der Waals surface area contributed by atoms with Gasteiger partial charge in [-0.25, -0.2) is 4.79 Å². The average Bonchev–Trinajstić information content (AvgIpc) is 2.88. The fourth-order valence-electron chi connectivity index (χ4n) is 0.878. The maximum atomic E-state index is 11.1. The third-order valence-electron chi connectivity index (χ3n) is 1.75. The third kappa shape index (κ3) is 4.35.